The van der Waals surface area contributed by atoms with E-state index in [1.807, 2.05) is 6.07 Å². The maximum atomic E-state index is 10.8. The molecule has 0 atom stereocenters. The van der Waals surface area contributed by atoms with Crippen molar-refractivity contribution in [3.8, 4) is 6.07 Å². The lowest BCUT2D eigenvalue weighted by Crippen LogP contribution is -2.08. The van der Waals surface area contributed by atoms with Crippen LogP contribution in [0.3, 0.4) is 0 Å². The van der Waals surface area contributed by atoms with Gasteiger partial charge in [-0.1, -0.05) is 13.8 Å². The Balaban J connectivity index is 2.43. The van der Waals surface area contributed by atoms with E-state index in [-0.39, 0.29) is 11.3 Å². The topological polar surface area (TPSA) is 88.2 Å². The van der Waals surface area contributed by atoms with Gasteiger partial charge in [0.1, 0.15) is 11.6 Å². The molecule has 0 aliphatic rings. The number of benzene rings is 1. The molecule has 1 N–H and O–H groups in total. The van der Waals surface area contributed by atoms with Gasteiger partial charge in [-0.3, -0.25) is 10.1 Å². The number of anilines is 1. The van der Waals surface area contributed by atoms with E-state index >= 15 is 0 Å². The highest BCUT2D eigenvalue weighted by Crippen LogP contribution is 2.22. The molecule has 6 nitrogen and oxygen atoms in total. The first-order valence-electron chi connectivity index (χ1n) is 6.54. The van der Waals surface area contributed by atoms with Gasteiger partial charge in [-0.2, -0.15) is 5.26 Å². The Morgan fingerprint density at radius 3 is 2.85 bits per heavy atom. The van der Waals surface area contributed by atoms with Crippen molar-refractivity contribution in [2.24, 2.45) is 5.92 Å². The summed E-state index contributed by atoms with van der Waals surface area (Å²) in [6, 6.07) is 6.31. The van der Waals surface area contributed by atoms with Gasteiger partial charge in [0.15, 0.2) is 0 Å². The summed E-state index contributed by atoms with van der Waals surface area (Å²) in [5.74, 6) is 0.518. The van der Waals surface area contributed by atoms with E-state index < -0.39 is 4.92 Å². The summed E-state index contributed by atoms with van der Waals surface area (Å²) in [4.78, 5) is 10.3. The second-order valence-electron chi connectivity index (χ2n) is 4.85. The molecule has 1 rings (SSSR count). The van der Waals surface area contributed by atoms with Gasteiger partial charge in [-0.05, 0) is 24.5 Å². The normalized spacial score (nSPS) is 10.3. The lowest BCUT2D eigenvalue weighted by atomic mass is 10.2. The van der Waals surface area contributed by atoms with E-state index in [2.05, 4.69) is 19.2 Å². The van der Waals surface area contributed by atoms with Gasteiger partial charge in [-0.25, -0.2) is 0 Å². The molecule has 6 heteroatoms. The summed E-state index contributed by atoms with van der Waals surface area (Å²) < 4.78 is 5.44. The summed E-state index contributed by atoms with van der Waals surface area (Å²) in [6.07, 6.45) is 0.820. The first-order chi connectivity index (χ1) is 9.54. The van der Waals surface area contributed by atoms with Gasteiger partial charge >= 0.3 is 0 Å². The van der Waals surface area contributed by atoms with Gasteiger partial charge in [0.2, 0.25) is 0 Å². The van der Waals surface area contributed by atoms with Crippen molar-refractivity contribution in [3.05, 3.63) is 33.9 Å². The Kier molecular flexibility index (Phi) is 6.47. The van der Waals surface area contributed by atoms with Crippen molar-refractivity contribution in [1.82, 2.24) is 0 Å². The number of rotatable bonds is 8. The highest BCUT2D eigenvalue weighted by molar-refractivity contribution is 5.59. The Bertz CT molecular complexity index is 495. The Hall–Kier alpha value is -2.13. The van der Waals surface area contributed by atoms with Gasteiger partial charge in [0.25, 0.3) is 5.69 Å². The number of nitro groups is 1. The van der Waals surface area contributed by atoms with Crippen molar-refractivity contribution in [2.75, 3.05) is 25.1 Å². The summed E-state index contributed by atoms with van der Waals surface area (Å²) in [7, 11) is 0. The summed E-state index contributed by atoms with van der Waals surface area (Å²) >= 11 is 0. The summed E-state index contributed by atoms with van der Waals surface area (Å²) in [6.45, 7) is 6.25. The predicted octanol–water partition coefficient (Wildman–Crippen LogP) is 2.94. The van der Waals surface area contributed by atoms with Gasteiger partial charge in [0.05, 0.1) is 4.92 Å². The van der Waals surface area contributed by atoms with Crippen LogP contribution in [-0.4, -0.2) is 24.7 Å². The monoisotopic (exact) mass is 277 g/mol. The van der Waals surface area contributed by atoms with E-state index in [9.17, 15) is 10.1 Å². The van der Waals surface area contributed by atoms with Gasteiger partial charge < -0.3 is 10.1 Å². The number of nitrogens with one attached hydrogen (secondary N) is 1. The zero-order chi connectivity index (χ0) is 15.0. The highest BCUT2D eigenvalue weighted by Gasteiger charge is 2.13. The molecule has 0 spiro atoms. The molecule has 0 aliphatic heterocycles. The number of ether oxygens (including phenoxy) is 1. The zero-order valence-electron chi connectivity index (χ0n) is 11.8. The smallest absolute Gasteiger partial charge is 0.289 e. The Labute approximate surface area is 118 Å². The molecule has 0 aromatic heterocycles. The highest BCUT2D eigenvalue weighted by atomic mass is 16.6. The molecular weight excluding hydrogens is 258 g/mol. The molecule has 0 bridgehead atoms. The SMILES string of the molecule is CC(C)COCCCNc1ccc(C#N)c([N+](=O)[O-])c1. The molecule has 108 valence electrons. The van der Waals surface area contributed by atoms with Crippen molar-refractivity contribution < 1.29 is 9.66 Å². The molecule has 1 aromatic carbocycles. The predicted molar refractivity (Wildman–Crippen MR) is 76.6 cm³/mol. The van der Waals surface area contributed by atoms with E-state index in [0.717, 1.165) is 13.0 Å². The molecule has 0 radical (unpaired) electrons. The molecule has 0 unspecified atom stereocenters. The molecule has 0 fully saturated rings. The van der Waals surface area contributed by atoms with Crippen LogP contribution in [0.2, 0.25) is 0 Å². The van der Waals surface area contributed by atoms with Gasteiger partial charge in [0, 0.05) is 31.5 Å². The number of nitro benzene ring substituents is 1. The van der Waals surface area contributed by atoms with Crippen LogP contribution in [0.4, 0.5) is 11.4 Å². The van der Waals surface area contributed by atoms with E-state index in [4.69, 9.17) is 10.00 Å². The number of hydrogen-bond donors (Lipinski definition) is 1. The lowest BCUT2D eigenvalue weighted by Gasteiger charge is -2.08. The molecule has 0 heterocycles. The lowest BCUT2D eigenvalue weighted by molar-refractivity contribution is -0.385. The van der Waals surface area contributed by atoms with E-state index in [0.29, 0.717) is 24.8 Å². The Morgan fingerprint density at radius 2 is 2.25 bits per heavy atom. The molecule has 0 aliphatic carbocycles. The first-order valence-corrected chi connectivity index (χ1v) is 6.54. The first kappa shape index (κ1) is 15.9. The van der Waals surface area contributed by atoms with Crippen molar-refractivity contribution in [3.63, 3.8) is 0 Å². The number of nitrogens with zero attached hydrogens (tertiary/aromatic N) is 2. The zero-order valence-corrected chi connectivity index (χ0v) is 11.8. The fraction of sp³-hybridized carbons (Fsp3) is 0.500. The molecule has 1 aromatic rings. The van der Waals surface area contributed by atoms with Crippen molar-refractivity contribution in [1.29, 1.82) is 5.26 Å². The molecular formula is C14H19N3O3. The van der Waals surface area contributed by atoms with Crippen LogP contribution in [0.1, 0.15) is 25.8 Å². The van der Waals surface area contributed by atoms with Crippen LogP contribution in [0.5, 0.6) is 0 Å². The van der Waals surface area contributed by atoms with Crippen LogP contribution < -0.4 is 5.32 Å². The third-order valence-corrected chi connectivity index (χ3v) is 2.56. The minimum absolute atomic E-state index is 0.0702. The fourth-order valence-corrected chi connectivity index (χ4v) is 1.61. The largest absolute Gasteiger partial charge is 0.385 e. The second-order valence-corrected chi connectivity index (χ2v) is 4.85. The van der Waals surface area contributed by atoms with Crippen molar-refractivity contribution >= 4 is 11.4 Å². The summed E-state index contributed by atoms with van der Waals surface area (Å²) in [5.41, 5.74) is 0.536. The van der Waals surface area contributed by atoms with E-state index in [1.54, 1.807) is 6.07 Å². The van der Waals surface area contributed by atoms with Crippen molar-refractivity contribution in [2.45, 2.75) is 20.3 Å². The minimum atomic E-state index is -0.546. The van der Waals surface area contributed by atoms with Crippen LogP contribution in [0.15, 0.2) is 18.2 Å². The molecule has 0 saturated carbocycles. The maximum absolute atomic E-state index is 10.8. The van der Waals surface area contributed by atoms with Crippen LogP contribution in [0.25, 0.3) is 0 Å². The number of hydrogen-bond acceptors (Lipinski definition) is 5. The van der Waals surface area contributed by atoms with E-state index in [1.165, 1.54) is 12.1 Å². The second kappa shape index (κ2) is 8.12. The van der Waals surface area contributed by atoms with Crippen LogP contribution >= 0.6 is 0 Å². The fourth-order valence-electron chi connectivity index (χ4n) is 1.61. The quantitative estimate of drug-likeness (QED) is 0.448. The number of nitriles is 1. The average molecular weight is 277 g/mol. The molecule has 20 heavy (non-hydrogen) atoms. The standard InChI is InChI=1S/C14H19N3O3/c1-11(2)10-20-7-3-6-16-13-5-4-12(9-15)14(8-13)17(18)19/h4-5,8,11,16H,3,6-7,10H2,1-2H3. The third-order valence-electron chi connectivity index (χ3n) is 2.56. The Morgan fingerprint density at radius 1 is 1.50 bits per heavy atom. The minimum Gasteiger partial charge on any atom is -0.385 e. The van der Waals surface area contributed by atoms with Crippen LogP contribution in [-0.2, 0) is 4.74 Å². The van der Waals surface area contributed by atoms with Crippen LogP contribution in [0, 0.1) is 27.4 Å². The summed E-state index contributed by atoms with van der Waals surface area (Å²) in [5, 5.41) is 22.7. The average Bonchev–Trinajstić information content (AvgIpc) is 2.42. The maximum Gasteiger partial charge on any atom is 0.289 e. The third kappa shape index (κ3) is 5.24. The molecule has 0 saturated heterocycles. The molecule has 0 amide bonds. The van der Waals surface area contributed by atoms with Gasteiger partial charge in [-0.15, -0.1) is 0 Å².